The second-order valence-electron chi connectivity index (χ2n) is 3.41. The first-order chi connectivity index (χ1) is 8.87. The summed E-state index contributed by atoms with van der Waals surface area (Å²) in [5.74, 6) is 0.791. The maximum Gasteiger partial charge on any atom is 0.522 e. The molecule has 0 aliphatic rings. The highest BCUT2D eigenvalue weighted by atomic mass is 35.5. The molecule has 108 valence electrons. The van der Waals surface area contributed by atoms with E-state index in [0.29, 0.717) is 22.2 Å². The van der Waals surface area contributed by atoms with E-state index in [4.69, 9.17) is 21.1 Å². The van der Waals surface area contributed by atoms with E-state index in [0.717, 1.165) is 0 Å². The summed E-state index contributed by atoms with van der Waals surface area (Å²) < 4.78 is 49.1. The third kappa shape index (κ3) is 5.04. The van der Waals surface area contributed by atoms with E-state index in [1.165, 1.54) is 26.4 Å². The molecule has 0 aromatic heterocycles. The Kier molecular flexibility index (Phi) is 5.56. The fourth-order valence-corrected chi connectivity index (χ4v) is 1.58. The molecule has 1 aromatic rings. The van der Waals surface area contributed by atoms with Crippen molar-refractivity contribution >= 4 is 17.3 Å². The van der Waals surface area contributed by atoms with Crippen molar-refractivity contribution in [3.63, 3.8) is 0 Å². The van der Waals surface area contributed by atoms with Crippen LogP contribution >= 0.6 is 11.6 Å². The largest absolute Gasteiger partial charge is 0.522 e. The second kappa shape index (κ2) is 6.72. The monoisotopic (exact) mass is 299 g/mol. The lowest BCUT2D eigenvalue weighted by Gasteiger charge is -2.14. The van der Waals surface area contributed by atoms with Crippen LogP contribution in [0.4, 0.5) is 18.9 Å². The normalized spacial score (nSPS) is 11.3. The van der Waals surface area contributed by atoms with Gasteiger partial charge in [0.15, 0.2) is 0 Å². The average Bonchev–Trinajstić information content (AvgIpc) is 2.34. The fraction of sp³-hybridized carbons (Fsp3) is 0.455. The zero-order valence-corrected chi connectivity index (χ0v) is 11.1. The van der Waals surface area contributed by atoms with Gasteiger partial charge in [-0.2, -0.15) is 0 Å². The summed E-state index contributed by atoms with van der Waals surface area (Å²) in [7, 11) is 2.86. The van der Waals surface area contributed by atoms with Gasteiger partial charge in [-0.1, -0.05) is 11.6 Å². The Morgan fingerprint density at radius 1 is 1.16 bits per heavy atom. The van der Waals surface area contributed by atoms with Crippen LogP contribution in [0.5, 0.6) is 11.5 Å². The number of rotatable bonds is 6. The van der Waals surface area contributed by atoms with Crippen LogP contribution in [0.25, 0.3) is 0 Å². The van der Waals surface area contributed by atoms with Gasteiger partial charge in [-0.25, -0.2) is 0 Å². The van der Waals surface area contributed by atoms with E-state index in [1.807, 2.05) is 0 Å². The van der Waals surface area contributed by atoms with Gasteiger partial charge in [-0.3, -0.25) is 4.74 Å². The number of hydrogen-bond donors (Lipinski definition) is 1. The SMILES string of the molecule is COc1cc(NCCOC(F)(F)F)c(OC)cc1Cl. The smallest absolute Gasteiger partial charge is 0.495 e. The Balaban J connectivity index is 2.66. The van der Waals surface area contributed by atoms with Gasteiger partial charge in [-0.15, -0.1) is 13.2 Å². The van der Waals surface area contributed by atoms with Crippen molar-refractivity contribution in [1.29, 1.82) is 0 Å². The molecule has 0 bridgehead atoms. The van der Waals surface area contributed by atoms with E-state index in [9.17, 15) is 13.2 Å². The summed E-state index contributed by atoms with van der Waals surface area (Å²) in [5.41, 5.74) is 0.467. The number of nitrogens with one attached hydrogen (secondary N) is 1. The molecular weight excluding hydrogens is 287 g/mol. The van der Waals surface area contributed by atoms with Crippen molar-refractivity contribution in [3.05, 3.63) is 17.2 Å². The highest BCUT2D eigenvalue weighted by Crippen LogP contribution is 2.35. The lowest BCUT2D eigenvalue weighted by molar-refractivity contribution is -0.322. The highest BCUT2D eigenvalue weighted by molar-refractivity contribution is 6.32. The molecule has 0 spiro atoms. The average molecular weight is 300 g/mol. The van der Waals surface area contributed by atoms with Crippen LogP contribution in [0.2, 0.25) is 5.02 Å². The topological polar surface area (TPSA) is 39.7 Å². The van der Waals surface area contributed by atoms with Crippen LogP contribution in [0.1, 0.15) is 0 Å². The molecule has 0 atom stereocenters. The minimum Gasteiger partial charge on any atom is -0.495 e. The number of ether oxygens (including phenoxy) is 3. The molecule has 0 amide bonds. The summed E-state index contributed by atoms with van der Waals surface area (Å²) in [5, 5.41) is 3.09. The van der Waals surface area contributed by atoms with Crippen LogP contribution in [0, 0.1) is 0 Å². The van der Waals surface area contributed by atoms with Crippen LogP contribution in [0.3, 0.4) is 0 Å². The summed E-state index contributed by atoms with van der Waals surface area (Å²) in [6.07, 6.45) is -4.64. The molecule has 4 nitrogen and oxygen atoms in total. The molecule has 0 aliphatic carbocycles. The Labute approximate surface area is 113 Å². The van der Waals surface area contributed by atoms with Gasteiger partial charge in [0.1, 0.15) is 11.5 Å². The van der Waals surface area contributed by atoms with Crippen LogP contribution in [0.15, 0.2) is 12.1 Å². The second-order valence-corrected chi connectivity index (χ2v) is 3.82. The number of halogens is 4. The molecule has 0 aliphatic heterocycles. The van der Waals surface area contributed by atoms with Gasteiger partial charge in [0.2, 0.25) is 0 Å². The molecule has 1 aromatic carbocycles. The standard InChI is InChI=1S/C11H13ClF3NO3/c1-17-9-6-8(10(18-2)5-7(9)12)16-3-4-19-11(13,14)15/h5-6,16H,3-4H2,1-2H3. The van der Waals surface area contributed by atoms with Crippen LogP contribution in [-0.4, -0.2) is 33.7 Å². The molecule has 1 N–H and O–H groups in total. The zero-order chi connectivity index (χ0) is 14.5. The lowest BCUT2D eigenvalue weighted by atomic mass is 10.2. The zero-order valence-electron chi connectivity index (χ0n) is 10.3. The lowest BCUT2D eigenvalue weighted by Crippen LogP contribution is -2.19. The van der Waals surface area contributed by atoms with Crippen molar-refractivity contribution in [2.45, 2.75) is 6.36 Å². The molecule has 1 rings (SSSR count). The minimum absolute atomic E-state index is 0.0410. The summed E-state index contributed by atoms with van der Waals surface area (Å²) in [6.45, 7) is -0.557. The maximum absolute atomic E-state index is 11.8. The van der Waals surface area contributed by atoms with E-state index < -0.39 is 13.0 Å². The third-order valence-electron chi connectivity index (χ3n) is 2.16. The van der Waals surface area contributed by atoms with Gasteiger partial charge < -0.3 is 14.8 Å². The number of alkyl halides is 3. The van der Waals surface area contributed by atoms with E-state index >= 15 is 0 Å². The van der Waals surface area contributed by atoms with Gasteiger partial charge in [0.25, 0.3) is 0 Å². The predicted molar refractivity (Wildman–Crippen MR) is 65.1 cm³/mol. The van der Waals surface area contributed by atoms with Crippen molar-refractivity contribution in [1.82, 2.24) is 0 Å². The molecule has 8 heteroatoms. The summed E-state index contributed by atoms with van der Waals surface area (Å²) in [4.78, 5) is 0. The van der Waals surface area contributed by atoms with Crippen molar-refractivity contribution < 1.29 is 27.4 Å². The molecule has 0 saturated carbocycles. The van der Waals surface area contributed by atoms with E-state index in [-0.39, 0.29) is 6.54 Å². The van der Waals surface area contributed by atoms with E-state index in [1.54, 1.807) is 0 Å². The van der Waals surface area contributed by atoms with E-state index in [2.05, 4.69) is 10.1 Å². The quantitative estimate of drug-likeness (QED) is 0.818. The van der Waals surface area contributed by atoms with Gasteiger partial charge >= 0.3 is 6.36 Å². The van der Waals surface area contributed by atoms with Crippen molar-refractivity contribution in [3.8, 4) is 11.5 Å². The summed E-state index contributed by atoms with van der Waals surface area (Å²) in [6, 6.07) is 3.04. The number of hydrogen-bond acceptors (Lipinski definition) is 4. The highest BCUT2D eigenvalue weighted by Gasteiger charge is 2.28. The first kappa shape index (κ1) is 15.7. The summed E-state index contributed by atoms with van der Waals surface area (Å²) >= 11 is 5.90. The van der Waals surface area contributed by atoms with Crippen molar-refractivity contribution in [2.75, 3.05) is 32.7 Å². The molecule has 0 radical (unpaired) electrons. The molecule has 0 fully saturated rings. The fourth-order valence-electron chi connectivity index (χ4n) is 1.35. The van der Waals surface area contributed by atoms with Crippen molar-refractivity contribution in [2.24, 2.45) is 0 Å². The number of anilines is 1. The minimum atomic E-state index is -4.64. The molecular formula is C11H13ClF3NO3. The maximum atomic E-state index is 11.8. The van der Waals surface area contributed by atoms with Crippen LogP contribution < -0.4 is 14.8 Å². The van der Waals surface area contributed by atoms with Gasteiger partial charge in [-0.05, 0) is 0 Å². The molecule has 0 saturated heterocycles. The third-order valence-corrected chi connectivity index (χ3v) is 2.45. The Morgan fingerprint density at radius 3 is 2.32 bits per heavy atom. The Hall–Kier alpha value is -1.34. The first-order valence-corrected chi connectivity index (χ1v) is 5.61. The Morgan fingerprint density at radius 2 is 1.79 bits per heavy atom. The number of methoxy groups -OCH3 is 2. The first-order valence-electron chi connectivity index (χ1n) is 5.23. The predicted octanol–water partition coefficient (Wildman–Crippen LogP) is 3.31. The number of benzene rings is 1. The Bertz CT molecular complexity index is 426. The molecule has 0 heterocycles. The van der Waals surface area contributed by atoms with Crippen LogP contribution in [-0.2, 0) is 4.74 Å². The molecule has 0 unspecified atom stereocenters. The van der Waals surface area contributed by atoms with Gasteiger partial charge in [0, 0.05) is 18.7 Å². The molecule has 19 heavy (non-hydrogen) atoms. The van der Waals surface area contributed by atoms with Gasteiger partial charge in [0.05, 0.1) is 31.5 Å².